The number of carbonyl (C=O) groups is 3. The maximum Gasteiger partial charge on any atom is 0.407 e. The van der Waals surface area contributed by atoms with Crippen LogP contribution in [0.4, 0.5) is 25.1 Å². The number of nitrogen functional groups attached to an aromatic ring is 1. The van der Waals surface area contributed by atoms with Crippen molar-refractivity contribution in [3.05, 3.63) is 115 Å². The minimum Gasteiger partial charge on any atom is -0.479 e. The highest BCUT2D eigenvalue weighted by Crippen LogP contribution is 2.65. The van der Waals surface area contributed by atoms with Crippen LogP contribution in [0.5, 0.6) is 5.88 Å². The van der Waals surface area contributed by atoms with Crippen LogP contribution in [0.25, 0.3) is 33.5 Å². The molecule has 2 unspecified atom stereocenters. The lowest BCUT2D eigenvalue weighted by atomic mass is 9.98. The number of benzene rings is 3. The molecule has 11 rings (SSSR count). The smallest absolute Gasteiger partial charge is 0.407 e. The van der Waals surface area contributed by atoms with E-state index in [0.29, 0.717) is 22.6 Å². The van der Waals surface area contributed by atoms with Crippen LogP contribution in [0.15, 0.2) is 98.1 Å². The third-order valence-electron chi connectivity index (χ3n) is 14.2. The summed E-state index contributed by atoms with van der Waals surface area (Å²) in [4.78, 5) is 76.5. The number of hydrogen-bond donors (Lipinski definition) is 5. The van der Waals surface area contributed by atoms with Gasteiger partial charge in [-0.3, -0.25) is 32.3 Å². The number of anilines is 2. The summed E-state index contributed by atoms with van der Waals surface area (Å²) in [6, 6.07) is 20.1. The molecule has 6 N–H and O–H groups in total. The number of alkyl carbamates (subject to hydrolysis) is 1. The van der Waals surface area contributed by atoms with E-state index in [2.05, 4.69) is 45.9 Å². The van der Waals surface area contributed by atoms with Crippen LogP contribution < -0.4 is 26.4 Å². The van der Waals surface area contributed by atoms with Gasteiger partial charge in [0.2, 0.25) is 17.7 Å². The number of rotatable bonds is 14. The van der Waals surface area contributed by atoms with Gasteiger partial charge in [0.25, 0.3) is 0 Å². The molecular weight excluding hydrogens is 1150 g/mol. The molecule has 3 amide bonds. The van der Waals surface area contributed by atoms with Crippen molar-refractivity contribution in [1.82, 2.24) is 49.7 Å². The lowest BCUT2D eigenvalue weighted by Gasteiger charge is -2.30. The van der Waals surface area contributed by atoms with Gasteiger partial charge in [-0.15, -0.1) is 0 Å². The summed E-state index contributed by atoms with van der Waals surface area (Å²) in [6.07, 6.45) is -9.60. The van der Waals surface area contributed by atoms with Crippen molar-refractivity contribution in [2.45, 2.75) is 93.7 Å². The monoisotopic (exact) mass is 1210 g/mol. The van der Waals surface area contributed by atoms with Crippen molar-refractivity contribution in [2.24, 2.45) is 5.92 Å². The van der Waals surface area contributed by atoms with Crippen LogP contribution in [-0.2, 0) is 64.0 Å². The van der Waals surface area contributed by atoms with Crippen molar-refractivity contribution in [2.75, 3.05) is 38.0 Å². The summed E-state index contributed by atoms with van der Waals surface area (Å²) in [5.41, 5.74) is 11.6. The zero-order chi connectivity index (χ0) is 57.6. The van der Waals surface area contributed by atoms with Gasteiger partial charge < -0.3 is 50.0 Å². The van der Waals surface area contributed by atoms with Crippen LogP contribution in [0.2, 0.25) is 0 Å². The predicted octanol–water partition coefficient (Wildman–Crippen LogP) is 6.81. The first kappa shape index (κ1) is 57.2. The van der Waals surface area contributed by atoms with Gasteiger partial charge in [-0.2, -0.15) is 4.98 Å². The molecule has 7 heterocycles. The van der Waals surface area contributed by atoms with Crippen LogP contribution in [-0.4, -0.2) is 138 Å². The van der Waals surface area contributed by atoms with Gasteiger partial charge >= 0.3 is 19.6 Å². The number of nitrogens with two attached hydrogens (primary N) is 1. The van der Waals surface area contributed by atoms with Gasteiger partial charge in [0.15, 0.2) is 47.4 Å². The summed E-state index contributed by atoms with van der Waals surface area (Å²) >= 11 is 6.00. The Kier molecular flexibility index (Phi) is 16.4. The number of imidazole rings is 2. The minimum atomic E-state index is -4.61. The Morgan fingerprint density at radius 3 is 2.01 bits per heavy atom. The number of hydrogen-bond acceptors (Lipinski definition) is 21. The quantitative estimate of drug-likeness (QED) is 0.0698. The van der Waals surface area contributed by atoms with Crippen LogP contribution in [0.3, 0.4) is 0 Å². The Bertz CT molecular complexity index is 3600. The number of fused-ring (bicyclic) bond motifs is 7. The molecule has 0 spiro atoms. The topological polar surface area (TPSA) is 312 Å². The average molecular weight is 1210 g/mol. The van der Waals surface area contributed by atoms with E-state index in [1.807, 2.05) is 48.5 Å². The van der Waals surface area contributed by atoms with E-state index in [0.717, 1.165) is 28.6 Å². The number of aromatic nitrogens is 8. The van der Waals surface area contributed by atoms with Gasteiger partial charge in [-0.25, -0.2) is 43.1 Å². The third kappa shape index (κ3) is 11.6. The Balaban J connectivity index is 0.763. The van der Waals surface area contributed by atoms with Crippen molar-refractivity contribution < 1.29 is 69.7 Å². The van der Waals surface area contributed by atoms with Gasteiger partial charge in [0.1, 0.15) is 61.3 Å². The van der Waals surface area contributed by atoms with Crippen molar-refractivity contribution in [3.8, 4) is 17.0 Å². The number of halogens is 2. The lowest BCUT2D eigenvalue weighted by molar-refractivity contribution is -0.128. The van der Waals surface area contributed by atoms with Crippen molar-refractivity contribution in [3.63, 3.8) is 0 Å². The first-order valence-electron chi connectivity index (χ1n) is 25.7. The van der Waals surface area contributed by atoms with Gasteiger partial charge in [0.05, 0.1) is 33.0 Å². The van der Waals surface area contributed by atoms with E-state index < -0.39 is 106 Å². The summed E-state index contributed by atoms with van der Waals surface area (Å²) in [7, 11) is 1.37. The van der Waals surface area contributed by atoms with Gasteiger partial charge in [-0.05, 0) is 76.0 Å². The Morgan fingerprint density at radius 2 is 1.38 bits per heavy atom. The highest BCUT2D eigenvalue weighted by atomic mass is 32.7. The SMILES string of the molecule is COc1ncnc2c1ncn2[C@@H]1O[C@@H]2COP(O)(=S)O[C@H]3[C@@H](F)[C@H](n4cnc5c(N)ncnc54)O[C@@H]3COP(=O)(SCc3ccc(NC(=O)[C@H](C)NC(=O)[C@@H](NC(=O)OCC4c5ccccc5-c5ccccc54)C(C)C)cc3)O[C@H]2[C@H]1F. The Labute approximate surface area is 475 Å². The predicted molar refractivity (Wildman–Crippen MR) is 296 cm³/mol. The molecule has 3 saturated heterocycles. The van der Waals surface area contributed by atoms with Crippen LogP contribution in [0, 0.1) is 5.92 Å². The Hall–Kier alpha value is -6.62. The van der Waals surface area contributed by atoms with Crippen LogP contribution in [0.1, 0.15) is 55.8 Å². The molecule has 1 aliphatic carbocycles. The standard InChI is InChI=1S/C51H54F2N12O13P2S2/c1-25(2)38(63-51(68)72-17-33-31-11-7-5-9-29(31)30-10-6-8-12-32(30)33)47(67)61-26(3)46(66)62-28-15-13-27(14-16-28)20-82-80(70)74-19-35-41(36(52)49(76-35)64-23-59-39-43(54)55-21-56-44(39)64)77-79(69,81)73-18-34-42(78-80)37(53)50(75-34)65-24-60-40-45(65)57-22-58-48(40)71-4/h5-16,21-26,33-38,41-42,49-50H,17-20H2,1-4H3,(H,61,67)(H,62,66)(H,63,68)(H,69,81)(H2,54,55,56)/t26-,34+,35+,36+,37+,38-,41+,42+,49+,50+,79?,80?/m0/s1. The van der Waals surface area contributed by atoms with Crippen molar-refractivity contribution >= 4 is 88.4 Å². The fourth-order valence-electron chi connectivity index (χ4n) is 10.1. The first-order chi connectivity index (χ1) is 39.4. The summed E-state index contributed by atoms with van der Waals surface area (Å²) in [6.45, 7) is -5.39. The molecule has 3 aromatic carbocycles. The molecule has 12 atom stereocenters. The van der Waals surface area contributed by atoms with E-state index in [1.165, 1.54) is 42.1 Å². The lowest BCUT2D eigenvalue weighted by Crippen LogP contribution is -2.53. The molecule has 0 radical (unpaired) electrons. The zero-order valence-corrected chi connectivity index (χ0v) is 47.4. The number of nitrogens with one attached hydrogen (secondary N) is 3. The molecule has 31 heteroatoms. The maximum atomic E-state index is 17.1. The van der Waals surface area contributed by atoms with Crippen molar-refractivity contribution in [1.29, 1.82) is 0 Å². The first-order valence-corrected chi connectivity index (χ1v) is 31.4. The summed E-state index contributed by atoms with van der Waals surface area (Å²) in [5, 5.41) is 8.11. The Morgan fingerprint density at radius 1 is 0.793 bits per heavy atom. The molecule has 82 heavy (non-hydrogen) atoms. The van der Waals surface area contributed by atoms with E-state index in [-0.39, 0.29) is 58.2 Å². The minimum absolute atomic E-state index is 0.0170. The van der Waals surface area contributed by atoms with Gasteiger partial charge in [0, 0.05) is 17.4 Å². The number of ether oxygens (including phenoxy) is 4. The molecule has 3 fully saturated rings. The van der Waals surface area contributed by atoms with Crippen LogP contribution >= 0.6 is 24.9 Å². The van der Waals surface area contributed by atoms with E-state index >= 15 is 13.3 Å². The number of amides is 3. The molecule has 0 saturated carbocycles. The van der Waals surface area contributed by atoms with Gasteiger partial charge in [-0.1, -0.05) is 74.5 Å². The second-order valence-electron chi connectivity index (χ2n) is 19.8. The summed E-state index contributed by atoms with van der Waals surface area (Å²) < 4.78 is 98.6. The second kappa shape index (κ2) is 23.6. The molecule has 4 aromatic heterocycles. The number of carbonyl (C=O) groups excluding carboxylic acids is 3. The van der Waals surface area contributed by atoms with E-state index in [9.17, 15) is 19.3 Å². The number of alkyl halides is 2. The third-order valence-corrected chi connectivity index (χ3v) is 19.4. The average Bonchev–Trinajstić information content (AvgIpc) is 4.49. The highest BCUT2D eigenvalue weighted by Gasteiger charge is 2.55. The number of nitrogens with zero attached hydrogens (tertiary/aromatic N) is 8. The molecule has 4 aliphatic rings. The fraction of sp³-hybridized carbons (Fsp3) is 0.392. The normalized spacial score (nSPS) is 27.1. The molecule has 7 aromatic rings. The van der Waals surface area contributed by atoms with E-state index in [4.69, 9.17) is 54.6 Å². The highest BCUT2D eigenvalue weighted by molar-refractivity contribution is 8.54. The van der Waals surface area contributed by atoms with E-state index in [1.54, 1.807) is 38.1 Å². The fourth-order valence-corrected chi connectivity index (χ4v) is 14.9. The summed E-state index contributed by atoms with van der Waals surface area (Å²) in [5.74, 6) is -1.72. The molecular formula is C51H54F2N12O13P2S2. The zero-order valence-electron chi connectivity index (χ0n) is 44.0. The molecule has 0 bridgehead atoms. The molecule has 3 aliphatic heterocycles. The number of methoxy groups -OCH3 is 1. The largest absolute Gasteiger partial charge is 0.479 e. The molecule has 25 nitrogen and oxygen atoms in total. The second-order valence-corrected chi connectivity index (χ2v) is 26.7. The molecule has 432 valence electrons. The maximum absolute atomic E-state index is 17.1.